The van der Waals surface area contributed by atoms with Gasteiger partial charge in [-0.2, -0.15) is 0 Å². The highest BCUT2D eigenvalue weighted by Crippen LogP contribution is 2.18. The number of aromatic nitrogens is 1. The molecular weight excluding hydrogens is 232 g/mol. The molecule has 1 aliphatic heterocycles. The van der Waals surface area contributed by atoms with Crippen LogP contribution in [0.3, 0.4) is 0 Å². The molecule has 1 aromatic heterocycles. The van der Waals surface area contributed by atoms with Crippen molar-refractivity contribution in [1.29, 1.82) is 0 Å². The lowest BCUT2D eigenvalue weighted by Crippen LogP contribution is -2.48. The van der Waals surface area contributed by atoms with Crippen molar-refractivity contribution in [2.45, 2.75) is 18.9 Å². The average molecular weight is 248 g/mol. The third kappa shape index (κ3) is 2.42. The highest BCUT2D eigenvalue weighted by Gasteiger charge is 2.31. The van der Waals surface area contributed by atoms with Gasteiger partial charge in [0, 0.05) is 20.5 Å². The summed E-state index contributed by atoms with van der Waals surface area (Å²) in [6, 6.07) is 1.51. The molecule has 0 saturated carbocycles. The van der Waals surface area contributed by atoms with Crippen molar-refractivity contribution in [2.75, 3.05) is 24.7 Å². The van der Waals surface area contributed by atoms with Crippen LogP contribution in [0.25, 0.3) is 0 Å². The largest absolute Gasteiger partial charge is 0.387 e. The Hall–Kier alpha value is -2.11. The maximum atomic E-state index is 11.9. The van der Waals surface area contributed by atoms with Crippen molar-refractivity contribution in [2.24, 2.45) is 0 Å². The molecule has 6 heteroatoms. The minimum absolute atomic E-state index is 0.125. The Morgan fingerprint density at radius 1 is 1.33 bits per heavy atom. The zero-order valence-corrected chi connectivity index (χ0v) is 10.4. The zero-order valence-electron chi connectivity index (χ0n) is 10.4. The van der Waals surface area contributed by atoms with Crippen LogP contribution in [0, 0.1) is 0 Å². The molecule has 0 aromatic carbocycles. The average Bonchev–Trinajstić information content (AvgIpc) is 2.40. The molecule has 18 heavy (non-hydrogen) atoms. The third-order valence-electron chi connectivity index (χ3n) is 3.02. The Bertz CT molecular complexity index is 475. The molecule has 2 rings (SSSR count). The van der Waals surface area contributed by atoms with Gasteiger partial charge in [0.05, 0.1) is 23.8 Å². The molecule has 96 valence electrons. The lowest BCUT2D eigenvalue weighted by molar-refractivity contribution is -0.146. The molecule has 0 aliphatic carbocycles. The molecule has 1 aromatic rings. The first-order valence-corrected chi connectivity index (χ1v) is 5.81. The maximum absolute atomic E-state index is 11.9. The van der Waals surface area contributed by atoms with Crippen molar-refractivity contribution in [3.05, 3.63) is 18.5 Å². The van der Waals surface area contributed by atoms with Crippen molar-refractivity contribution in [3.63, 3.8) is 0 Å². The zero-order chi connectivity index (χ0) is 13.1. The monoisotopic (exact) mass is 248 g/mol. The molecule has 0 radical (unpaired) electrons. The van der Waals surface area contributed by atoms with Gasteiger partial charge in [-0.05, 0) is 12.5 Å². The fraction of sp³-hybridized carbons (Fsp3) is 0.417. The number of rotatable bonds is 3. The van der Waals surface area contributed by atoms with Gasteiger partial charge in [0.25, 0.3) is 5.91 Å². The number of hydrogen-bond acceptors (Lipinski definition) is 5. The van der Waals surface area contributed by atoms with Crippen LogP contribution in [0.2, 0.25) is 0 Å². The number of anilines is 2. The Morgan fingerprint density at radius 3 is 2.78 bits per heavy atom. The number of likely N-dealkylation sites (tertiary alicyclic amines) is 1. The molecule has 1 atom stereocenters. The molecule has 0 bridgehead atoms. The van der Waals surface area contributed by atoms with Crippen molar-refractivity contribution >= 4 is 23.2 Å². The van der Waals surface area contributed by atoms with Crippen LogP contribution in [0.4, 0.5) is 11.4 Å². The first-order valence-electron chi connectivity index (χ1n) is 5.81. The first kappa shape index (κ1) is 12.3. The third-order valence-corrected chi connectivity index (χ3v) is 3.02. The summed E-state index contributed by atoms with van der Waals surface area (Å²) < 4.78 is 0. The van der Waals surface area contributed by atoms with Gasteiger partial charge in [-0.1, -0.05) is 0 Å². The van der Waals surface area contributed by atoms with E-state index in [9.17, 15) is 9.59 Å². The second-order valence-corrected chi connectivity index (χ2v) is 4.24. The molecule has 2 amide bonds. The number of likely N-dealkylation sites (N-methyl/N-ethyl adjacent to an activating group) is 1. The Balaban J connectivity index is 2.09. The summed E-state index contributed by atoms with van der Waals surface area (Å²) in [5.41, 5.74) is 1.63. The van der Waals surface area contributed by atoms with E-state index in [1.54, 1.807) is 19.4 Å². The molecule has 1 fully saturated rings. The van der Waals surface area contributed by atoms with Gasteiger partial charge in [0.1, 0.15) is 6.04 Å². The Morgan fingerprint density at radius 2 is 2.06 bits per heavy atom. The van der Waals surface area contributed by atoms with Gasteiger partial charge < -0.3 is 10.6 Å². The minimum atomic E-state index is -0.360. The molecule has 6 nitrogen and oxygen atoms in total. The van der Waals surface area contributed by atoms with E-state index < -0.39 is 0 Å². The number of imide groups is 1. The first-order chi connectivity index (χ1) is 8.61. The predicted octanol–water partition coefficient (Wildman–Crippen LogP) is 0.683. The summed E-state index contributed by atoms with van der Waals surface area (Å²) in [6.07, 6.45) is 4.26. The number of pyridine rings is 1. The van der Waals surface area contributed by atoms with Crippen LogP contribution >= 0.6 is 0 Å². The van der Waals surface area contributed by atoms with Crippen molar-refractivity contribution < 1.29 is 9.59 Å². The van der Waals surface area contributed by atoms with E-state index in [4.69, 9.17) is 0 Å². The number of nitrogens with zero attached hydrogens (tertiary/aromatic N) is 2. The van der Waals surface area contributed by atoms with Crippen LogP contribution in [0.5, 0.6) is 0 Å². The summed E-state index contributed by atoms with van der Waals surface area (Å²) in [5.74, 6) is -0.318. The van der Waals surface area contributed by atoms with Crippen molar-refractivity contribution in [1.82, 2.24) is 9.88 Å². The van der Waals surface area contributed by atoms with Gasteiger partial charge >= 0.3 is 0 Å². The van der Waals surface area contributed by atoms with E-state index >= 15 is 0 Å². The summed E-state index contributed by atoms with van der Waals surface area (Å²) in [5, 5.41) is 6.09. The Labute approximate surface area is 105 Å². The van der Waals surface area contributed by atoms with Crippen LogP contribution in [0.15, 0.2) is 18.5 Å². The fourth-order valence-electron chi connectivity index (χ4n) is 1.91. The number of carbonyl (C=O) groups is 2. The lowest BCUT2D eigenvalue weighted by Gasteiger charge is -2.28. The molecule has 2 heterocycles. The van der Waals surface area contributed by atoms with Crippen LogP contribution < -0.4 is 10.6 Å². The van der Waals surface area contributed by atoms with E-state index in [0.717, 1.165) is 11.4 Å². The molecule has 1 saturated heterocycles. The van der Waals surface area contributed by atoms with Gasteiger partial charge in [0.15, 0.2) is 0 Å². The van der Waals surface area contributed by atoms with E-state index in [-0.39, 0.29) is 17.9 Å². The Kier molecular flexibility index (Phi) is 3.45. The standard InChI is InChI=1S/C12H16N4O2/c1-13-8-5-9(7-14-6-8)15-10-3-4-11(17)16(2)12(10)18/h5-7,10,13,15H,3-4H2,1-2H3. The van der Waals surface area contributed by atoms with Crippen molar-refractivity contribution in [3.8, 4) is 0 Å². The second kappa shape index (κ2) is 5.03. The lowest BCUT2D eigenvalue weighted by atomic mass is 10.0. The van der Waals surface area contributed by atoms with E-state index in [1.807, 2.05) is 6.07 Å². The second-order valence-electron chi connectivity index (χ2n) is 4.24. The number of carbonyl (C=O) groups excluding carboxylic acids is 2. The summed E-state index contributed by atoms with van der Waals surface area (Å²) in [7, 11) is 3.32. The smallest absolute Gasteiger partial charge is 0.251 e. The fourth-order valence-corrected chi connectivity index (χ4v) is 1.91. The van der Waals surface area contributed by atoms with Crippen LogP contribution in [-0.2, 0) is 9.59 Å². The normalized spacial score (nSPS) is 19.9. The minimum Gasteiger partial charge on any atom is -0.387 e. The molecule has 0 spiro atoms. The summed E-state index contributed by atoms with van der Waals surface area (Å²) >= 11 is 0. The van der Waals surface area contributed by atoms with E-state index in [0.29, 0.717) is 12.8 Å². The highest BCUT2D eigenvalue weighted by atomic mass is 16.2. The highest BCUT2D eigenvalue weighted by molar-refractivity contribution is 6.01. The van der Waals surface area contributed by atoms with Gasteiger partial charge in [-0.3, -0.25) is 19.5 Å². The van der Waals surface area contributed by atoms with Gasteiger partial charge in [-0.15, -0.1) is 0 Å². The molecule has 1 aliphatic rings. The van der Waals surface area contributed by atoms with E-state index in [1.165, 1.54) is 11.9 Å². The predicted molar refractivity (Wildman–Crippen MR) is 68.2 cm³/mol. The number of amides is 2. The number of piperidine rings is 1. The van der Waals surface area contributed by atoms with Crippen LogP contribution in [-0.4, -0.2) is 41.8 Å². The SMILES string of the molecule is CNc1cncc(NC2CCC(=O)N(C)C2=O)c1. The summed E-state index contributed by atoms with van der Waals surface area (Å²) in [4.78, 5) is 28.5. The molecule has 2 N–H and O–H groups in total. The number of nitrogens with one attached hydrogen (secondary N) is 2. The molecular formula is C12H16N4O2. The van der Waals surface area contributed by atoms with Crippen LogP contribution in [0.1, 0.15) is 12.8 Å². The van der Waals surface area contributed by atoms with Gasteiger partial charge in [0.2, 0.25) is 5.91 Å². The molecule has 1 unspecified atom stereocenters. The quantitative estimate of drug-likeness (QED) is 0.770. The topological polar surface area (TPSA) is 74.3 Å². The summed E-state index contributed by atoms with van der Waals surface area (Å²) in [6.45, 7) is 0. The number of hydrogen-bond donors (Lipinski definition) is 2. The van der Waals surface area contributed by atoms with Gasteiger partial charge in [-0.25, -0.2) is 0 Å². The maximum Gasteiger partial charge on any atom is 0.251 e. The van der Waals surface area contributed by atoms with E-state index in [2.05, 4.69) is 15.6 Å².